The first-order valence-electron chi connectivity index (χ1n) is 4.58. The van der Waals surface area contributed by atoms with Crippen LogP contribution in [0.1, 0.15) is 39.5 Å². The lowest BCUT2D eigenvalue weighted by Gasteiger charge is -2.29. The molecule has 0 aromatic carbocycles. The van der Waals surface area contributed by atoms with E-state index >= 15 is 0 Å². The number of thioether (sulfide) groups is 1. The van der Waals surface area contributed by atoms with Gasteiger partial charge in [0.25, 0.3) is 0 Å². The molecule has 0 saturated carbocycles. The third kappa shape index (κ3) is 2.12. The van der Waals surface area contributed by atoms with E-state index in [4.69, 9.17) is 5.73 Å². The van der Waals surface area contributed by atoms with Crippen molar-refractivity contribution in [3.05, 3.63) is 0 Å². The first-order valence-corrected chi connectivity index (χ1v) is 5.57. The van der Waals surface area contributed by atoms with Gasteiger partial charge in [0.05, 0.1) is 0 Å². The van der Waals surface area contributed by atoms with E-state index in [1.807, 2.05) is 0 Å². The van der Waals surface area contributed by atoms with Crippen molar-refractivity contribution in [3.63, 3.8) is 0 Å². The Labute approximate surface area is 74.1 Å². The maximum Gasteiger partial charge on any atom is 0.0283 e. The van der Waals surface area contributed by atoms with Gasteiger partial charge >= 0.3 is 0 Å². The van der Waals surface area contributed by atoms with E-state index in [2.05, 4.69) is 25.6 Å². The standard InChI is InChI=1S/C9H19NS/c1-3-5-8(10)9(2)6-4-7-11-9/h8H,3-7,10H2,1-2H3. The van der Waals surface area contributed by atoms with E-state index in [1.165, 1.54) is 31.4 Å². The van der Waals surface area contributed by atoms with Crippen LogP contribution in [0.3, 0.4) is 0 Å². The number of rotatable bonds is 3. The Kier molecular flexibility index (Phi) is 3.26. The van der Waals surface area contributed by atoms with Crippen LogP contribution in [-0.4, -0.2) is 16.5 Å². The molecule has 0 bridgehead atoms. The van der Waals surface area contributed by atoms with E-state index in [0.717, 1.165) is 0 Å². The molecule has 1 nitrogen and oxygen atoms in total. The summed E-state index contributed by atoms with van der Waals surface area (Å²) in [5, 5.41) is 0. The molecule has 1 heterocycles. The highest BCUT2D eigenvalue weighted by atomic mass is 32.2. The molecule has 1 aliphatic rings. The van der Waals surface area contributed by atoms with Crippen LogP contribution in [0.5, 0.6) is 0 Å². The van der Waals surface area contributed by atoms with Gasteiger partial charge in [-0.1, -0.05) is 13.3 Å². The van der Waals surface area contributed by atoms with Crippen molar-refractivity contribution in [2.45, 2.75) is 50.3 Å². The quantitative estimate of drug-likeness (QED) is 0.709. The first-order chi connectivity index (χ1) is 5.19. The predicted octanol–water partition coefficient (Wildman–Crippen LogP) is 2.40. The van der Waals surface area contributed by atoms with E-state index in [1.54, 1.807) is 0 Å². The summed E-state index contributed by atoms with van der Waals surface area (Å²) in [6.07, 6.45) is 5.08. The third-order valence-corrected chi connectivity index (χ3v) is 4.29. The van der Waals surface area contributed by atoms with Crippen molar-refractivity contribution in [1.29, 1.82) is 0 Å². The molecule has 0 amide bonds. The average Bonchev–Trinajstić information content (AvgIpc) is 2.38. The summed E-state index contributed by atoms with van der Waals surface area (Å²) in [5.74, 6) is 1.31. The highest BCUT2D eigenvalue weighted by Gasteiger charge is 2.34. The molecule has 2 atom stereocenters. The van der Waals surface area contributed by atoms with Crippen molar-refractivity contribution < 1.29 is 0 Å². The molecule has 1 rings (SSSR count). The highest BCUT2D eigenvalue weighted by Crippen LogP contribution is 2.40. The molecule has 0 aliphatic carbocycles. The van der Waals surface area contributed by atoms with Gasteiger partial charge in [0, 0.05) is 10.8 Å². The van der Waals surface area contributed by atoms with Gasteiger partial charge in [0.2, 0.25) is 0 Å². The Bertz CT molecular complexity index is 119. The second kappa shape index (κ2) is 3.81. The number of hydrogen-bond donors (Lipinski definition) is 1. The molecular formula is C9H19NS. The minimum Gasteiger partial charge on any atom is -0.326 e. The summed E-state index contributed by atoms with van der Waals surface area (Å²) in [5.41, 5.74) is 6.10. The summed E-state index contributed by atoms with van der Waals surface area (Å²) in [4.78, 5) is 0. The van der Waals surface area contributed by atoms with Gasteiger partial charge in [-0.15, -0.1) is 0 Å². The van der Waals surface area contributed by atoms with Gasteiger partial charge in [-0.2, -0.15) is 11.8 Å². The van der Waals surface area contributed by atoms with Gasteiger partial charge in [0.1, 0.15) is 0 Å². The van der Waals surface area contributed by atoms with Crippen molar-refractivity contribution >= 4 is 11.8 Å². The van der Waals surface area contributed by atoms with Gasteiger partial charge in [-0.25, -0.2) is 0 Å². The van der Waals surface area contributed by atoms with Crippen LogP contribution in [0.25, 0.3) is 0 Å². The molecule has 1 fully saturated rings. The fraction of sp³-hybridized carbons (Fsp3) is 1.00. The fourth-order valence-electron chi connectivity index (χ4n) is 1.71. The molecule has 0 spiro atoms. The number of hydrogen-bond acceptors (Lipinski definition) is 2. The topological polar surface area (TPSA) is 26.0 Å². The van der Waals surface area contributed by atoms with E-state index in [9.17, 15) is 0 Å². The lowest BCUT2D eigenvalue weighted by atomic mass is 9.94. The molecule has 2 heteroatoms. The van der Waals surface area contributed by atoms with Crippen LogP contribution in [-0.2, 0) is 0 Å². The van der Waals surface area contributed by atoms with E-state index in [0.29, 0.717) is 10.8 Å². The van der Waals surface area contributed by atoms with Crippen molar-refractivity contribution in [2.75, 3.05) is 5.75 Å². The average molecular weight is 173 g/mol. The van der Waals surface area contributed by atoms with Crippen LogP contribution in [0.2, 0.25) is 0 Å². The maximum atomic E-state index is 6.10. The van der Waals surface area contributed by atoms with Crippen LogP contribution < -0.4 is 5.73 Å². The summed E-state index contributed by atoms with van der Waals surface area (Å²) < 4.78 is 0.399. The molecule has 2 unspecified atom stereocenters. The highest BCUT2D eigenvalue weighted by molar-refractivity contribution is 8.00. The largest absolute Gasteiger partial charge is 0.326 e. The smallest absolute Gasteiger partial charge is 0.0283 e. The molecule has 1 saturated heterocycles. The van der Waals surface area contributed by atoms with Gasteiger partial charge in [0.15, 0.2) is 0 Å². The number of nitrogens with two attached hydrogens (primary N) is 1. The molecule has 0 radical (unpaired) electrons. The zero-order valence-corrected chi connectivity index (χ0v) is 8.41. The Morgan fingerprint density at radius 2 is 2.36 bits per heavy atom. The SMILES string of the molecule is CCCC(N)C1(C)CCCS1. The predicted molar refractivity (Wildman–Crippen MR) is 53.0 cm³/mol. The van der Waals surface area contributed by atoms with Crippen LogP contribution >= 0.6 is 11.8 Å². The minimum absolute atomic E-state index is 0.399. The summed E-state index contributed by atoms with van der Waals surface area (Å²) in [6, 6.07) is 0.417. The molecule has 1 aliphatic heterocycles. The normalized spacial score (nSPS) is 34.1. The second-order valence-corrected chi connectivity index (χ2v) is 5.29. The van der Waals surface area contributed by atoms with Crippen molar-refractivity contribution in [1.82, 2.24) is 0 Å². The monoisotopic (exact) mass is 173 g/mol. The summed E-state index contributed by atoms with van der Waals surface area (Å²) in [6.45, 7) is 4.54. The van der Waals surface area contributed by atoms with Crippen LogP contribution in [0.4, 0.5) is 0 Å². The Morgan fingerprint density at radius 3 is 2.82 bits per heavy atom. The maximum absolute atomic E-state index is 6.10. The Morgan fingerprint density at radius 1 is 1.64 bits per heavy atom. The first kappa shape index (κ1) is 9.40. The molecule has 11 heavy (non-hydrogen) atoms. The summed E-state index contributed by atoms with van der Waals surface area (Å²) in [7, 11) is 0. The molecule has 66 valence electrons. The minimum atomic E-state index is 0.399. The van der Waals surface area contributed by atoms with E-state index < -0.39 is 0 Å². The molecule has 2 N–H and O–H groups in total. The molecule has 0 aromatic heterocycles. The fourth-order valence-corrected chi connectivity index (χ4v) is 3.09. The third-order valence-electron chi connectivity index (χ3n) is 2.63. The van der Waals surface area contributed by atoms with Gasteiger partial charge < -0.3 is 5.73 Å². The van der Waals surface area contributed by atoms with Gasteiger partial charge in [-0.05, 0) is 31.9 Å². The Balaban J connectivity index is 2.42. The van der Waals surface area contributed by atoms with E-state index in [-0.39, 0.29) is 0 Å². The second-order valence-electron chi connectivity index (χ2n) is 3.66. The summed E-state index contributed by atoms with van der Waals surface area (Å²) >= 11 is 2.07. The van der Waals surface area contributed by atoms with Crippen molar-refractivity contribution in [2.24, 2.45) is 5.73 Å². The zero-order valence-electron chi connectivity index (χ0n) is 7.60. The van der Waals surface area contributed by atoms with Crippen LogP contribution in [0.15, 0.2) is 0 Å². The van der Waals surface area contributed by atoms with Crippen molar-refractivity contribution in [3.8, 4) is 0 Å². The Hall–Kier alpha value is 0.310. The zero-order chi connectivity index (χ0) is 8.32. The lowest BCUT2D eigenvalue weighted by Crippen LogP contribution is -2.40. The molecule has 0 aromatic rings. The van der Waals surface area contributed by atoms with Gasteiger partial charge in [-0.3, -0.25) is 0 Å². The lowest BCUT2D eigenvalue weighted by molar-refractivity contribution is 0.456. The van der Waals surface area contributed by atoms with Crippen LogP contribution in [0, 0.1) is 0 Å². The molecular weight excluding hydrogens is 154 g/mol.